The number of hydrogen-bond donors (Lipinski definition) is 0. The van der Waals surface area contributed by atoms with Crippen LogP contribution in [0.2, 0.25) is 5.02 Å². The predicted molar refractivity (Wildman–Crippen MR) is 115 cm³/mol. The fraction of sp³-hybridized carbons (Fsp3) is 0.636. The van der Waals surface area contributed by atoms with E-state index in [1.54, 1.807) is 0 Å². The molecule has 0 N–H and O–H groups in total. The molecule has 2 aliphatic rings. The molecule has 1 aromatic carbocycles. The highest BCUT2D eigenvalue weighted by Gasteiger charge is 2.34. The van der Waals surface area contributed by atoms with Gasteiger partial charge in [0.05, 0.1) is 12.7 Å². The summed E-state index contributed by atoms with van der Waals surface area (Å²) < 4.78 is 11.4. The van der Waals surface area contributed by atoms with E-state index in [4.69, 9.17) is 20.9 Å². The van der Waals surface area contributed by atoms with E-state index < -0.39 is 0 Å². The minimum atomic E-state index is 0.261. The minimum Gasteiger partial charge on any atom is -0.376 e. The SMILES string of the molecule is CC(C)c1nc(N2CCC(N3C[C@H](C)OC[C@@H]3Cc3ccc(Cl)cc3)CC2)no1. The number of anilines is 1. The second-order valence-corrected chi connectivity index (χ2v) is 9.07. The molecule has 2 aliphatic heterocycles. The molecule has 0 unspecified atom stereocenters. The number of morpholine rings is 1. The molecule has 0 spiro atoms. The first kappa shape index (κ1) is 20.6. The van der Waals surface area contributed by atoms with Gasteiger partial charge in [-0.15, -0.1) is 0 Å². The van der Waals surface area contributed by atoms with Gasteiger partial charge >= 0.3 is 0 Å². The van der Waals surface area contributed by atoms with Crippen molar-refractivity contribution in [3.8, 4) is 0 Å². The highest BCUT2D eigenvalue weighted by Crippen LogP contribution is 2.27. The molecule has 3 heterocycles. The van der Waals surface area contributed by atoms with Crippen molar-refractivity contribution in [3.05, 3.63) is 40.7 Å². The monoisotopic (exact) mass is 418 g/mol. The van der Waals surface area contributed by atoms with Gasteiger partial charge in [-0.05, 0) is 49.0 Å². The van der Waals surface area contributed by atoms with Gasteiger partial charge in [0.2, 0.25) is 5.89 Å². The summed E-state index contributed by atoms with van der Waals surface area (Å²) in [6.45, 7) is 10.0. The lowest BCUT2D eigenvalue weighted by Crippen LogP contribution is -2.56. The van der Waals surface area contributed by atoms with Crippen LogP contribution in [0, 0.1) is 0 Å². The summed E-state index contributed by atoms with van der Waals surface area (Å²) in [6, 6.07) is 9.17. The van der Waals surface area contributed by atoms with Gasteiger partial charge in [0, 0.05) is 42.7 Å². The first-order chi connectivity index (χ1) is 14.0. The summed E-state index contributed by atoms with van der Waals surface area (Å²) in [7, 11) is 0. The van der Waals surface area contributed by atoms with Crippen molar-refractivity contribution in [2.75, 3.05) is 31.1 Å². The van der Waals surface area contributed by atoms with Crippen LogP contribution in [0.4, 0.5) is 5.95 Å². The topological polar surface area (TPSA) is 54.6 Å². The maximum atomic E-state index is 6.05. The van der Waals surface area contributed by atoms with Gasteiger partial charge in [0.15, 0.2) is 0 Å². The maximum Gasteiger partial charge on any atom is 0.266 e. The zero-order valence-corrected chi connectivity index (χ0v) is 18.3. The quantitative estimate of drug-likeness (QED) is 0.727. The Bertz CT molecular complexity index is 786. The van der Waals surface area contributed by atoms with E-state index in [1.165, 1.54) is 5.56 Å². The molecule has 6 nitrogen and oxygen atoms in total. The standard InChI is InChI=1S/C22H31ClN4O2/c1-15(2)21-24-22(25-29-21)26-10-8-19(9-11-26)27-13-16(3)28-14-20(27)12-17-4-6-18(23)7-5-17/h4-7,15-16,19-20H,8-14H2,1-3H3/t16-,20-/m0/s1. The smallest absolute Gasteiger partial charge is 0.266 e. The van der Waals surface area contributed by atoms with E-state index in [9.17, 15) is 0 Å². The normalized spacial score (nSPS) is 24.4. The van der Waals surface area contributed by atoms with Crippen LogP contribution in [0.15, 0.2) is 28.8 Å². The van der Waals surface area contributed by atoms with E-state index in [0.29, 0.717) is 18.0 Å². The zero-order valence-electron chi connectivity index (χ0n) is 17.6. The molecule has 2 saturated heterocycles. The van der Waals surface area contributed by atoms with Crippen molar-refractivity contribution in [3.63, 3.8) is 0 Å². The third kappa shape index (κ3) is 4.93. The average Bonchev–Trinajstić information content (AvgIpc) is 3.22. The Morgan fingerprint density at radius 3 is 2.55 bits per heavy atom. The second kappa shape index (κ2) is 9.02. The third-order valence-electron chi connectivity index (χ3n) is 6.04. The van der Waals surface area contributed by atoms with Crippen LogP contribution in [-0.4, -0.2) is 59.5 Å². The molecule has 0 radical (unpaired) electrons. The molecule has 0 bridgehead atoms. The summed E-state index contributed by atoms with van der Waals surface area (Å²) in [5, 5.41) is 4.97. The molecule has 7 heteroatoms. The van der Waals surface area contributed by atoms with Gasteiger partial charge in [-0.2, -0.15) is 4.98 Å². The number of hydrogen-bond acceptors (Lipinski definition) is 6. The molecule has 2 aromatic rings. The Kier molecular flexibility index (Phi) is 6.42. The Morgan fingerprint density at radius 1 is 1.17 bits per heavy atom. The first-order valence-corrected chi connectivity index (χ1v) is 11.1. The van der Waals surface area contributed by atoms with Gasteiger partial charge in [-0.25, -0.2) is 0 Å². The molecule has 0 aliphatic carbocycles. The number of halogens is 1. The molecular formula is C22H31ClN4O2. The Hall–Kier alpha value is -1.63. The second-order valence-electron chi connectivity index (χ2n) is 8.63. The molecule has 4 rings (SSSR count). The molecular weight excluding hydrogens is 388 g/mol. The van der Waals surface area contributed by atoms with E-state index in [0.717, 1.165) is 56.5 Å². The van der Waals surface area contributed by atoms with Crippen LogP contribution in [0.25, 0.3) is 0 Å². The lowest BCUT2D eigenvalue weighted by atomic mass is 9.96. The first-order valence-electron chi connectivity index (χ1n) is 10.7. The van der Waals surface area contributed by atoms with Crippen LogP contribution in [-0.2, 0) is 11.2 Å². The molecule has 29 heavy (non-hydrogen) atoms. The van der Waals surface area contributed by atoms with Gasteiger partial charge in [0.25, 0.3) is 5.95 Å². The van der Waals surface area contributed by atoms with Crippen molar-refractivity contribution < 1.29 is 9.26 Å². The number of aromatic nitrogens is 2. The van der Waals surface area contributed by atoms with Crippen LogP contribution in [0.5, 0.6) is 0 Å². The largest absolute Gasteiger partial charge is 0.376 e. The number of ether oxygens (including phenoxy) is 1. The summed E-state index contributed by atoms with van der Waals surface area (Å²) in [6.07, 6.45) is 3.48. The fourth-order valence-corrected chi connectivity index (χ4v) is 4.50. The molecule has 1 aromatic heterocycles. The van der Waals surface area contributed by atoms with E-state index >= 15 is 0 Å². The Morgan fingerprint density at radius 2 is 1.90 bits per heavy atom. The molecule has 2 fully saturated rings. The highest BCUT2D eigenvalue weighted by atomic mass is 35.5. The summed E-state index contributed by atoms with van der Waals surface area (Å²) in [5.41, 5.74) is 1.31. The summed E-state index contributed by atoms with van der Waals surface area (Å²) >= 11 is 6.05. The molecule has 0 saturated carbocycles. The van der Waals surface area contributed by atoms with Gasteiger partial charge in [-0.3, -0.25) is 4.90 Å². The minimum absolute atomic E-state index is 0.261. The summed E-state index contributed by atoms with van der Waals surface area (Å²) in [5.74, 6) is 1.71. The van der Waals surface area contributed by atoms with Gasteiger partial charge < -0.3 is 14.2 Å². The third-order valence-corrected chi connectivity index (χ3v) is 6.29. The van der Waals surface area contributed by atoms with Crippen LogP contribution < -0.4 is 4.90 Å². The van der Waals surface area contributed by atoms with Gasteiger partial charge in [-0.1, -0.05) is 37.6 Å². The van der Waals surface area contributed by atoms with Crippen molar-refractivity contribution >= 4 is 17.5 Å². The number of piperidine rings is 1. The van der Waals surface area contributed by atoms with Crippen LogP contribution >= 0.6 is 11.6 Å². The number of benzene rings is 1. The zero-order chi connectivity index (χ0) is 20.4. The van der Waals surface area contributed by atoms with E-state index in [2.05, 4.69) is 52.8 Å². The van der Waals surface area contributed by atoms with Crippen LogP contribution in [0.3, 0.4) is 0 Å². The van der Waals surface area contributed by atoms with E-state index in [1.807, 2.05) is 12.1 Å². The Balaban J connectivity index is 1.39. The summed E-state index contributed by atoms with van der Waals surface area (Å²) in [4.78, 5) is 9.50. The van der Waals surface area contributed by atoms with E-state index in [-0.39, 0.29) is 12.0 Å². The maximum absolute atomic E-state index is 6.05. The van der Waals surface area contributed by atoms with Crippen LogP contribution in [0.1, 0.15) is 51.0 Å². The number of rotatable bonds is 5. The predicted octanol–water partition coefficient (Wildman–Crippen LogP) is 4.15. The van der Waals surface area contributed by atoms with Crippen molar-refractivity contribution in [2.45, 2.75) is 64.1 Å². The van der Waals surface area contributed by atoms with Crippen molar-refractivity contribution in [1.29, 1.82) is 0 Å². The fourth-order valence-electron chi connectivity index (χ4n) is 4.37. The molecule has 0 amide bonds. The van der Waals surface area contributed by atoms with Gasteiger partial charge in [0.1, 0.15) is 0 Å². The Labute approximate surface area is 178 Å². The highest BCUT2D eigenvalue weighted by molar-refractivity contribution is 6.30. The number of nitrogens with zero attached hydrogens (tertiary/aromatic N) is 4. The average molecular weight is 419 g/mol. The molecule has 158 valence electrons. The lowest BCUT2D eigenvalue weighted by Gasteiger charge is -2.46. The molecule has 2 atom stereocenters. The lowest BCUT2D eigenvalue weighted by molar-refractivity contribution is -0.0745. The van der Waals surface area contributed by atoms with Crippen molar-refractivity contribution in [2.24, 2.45) is 0 Å². The van der Waals surface area contributed by atoms with Crippen molar-refractivity contribution in [1.82, 2.24) is 15.0 Å².